The molecule has 3 rings (SSSR count). The molecule has 1 heterocycles. The van der Waals surface area contributed by atoms with Gasteiger partial charge in [0, 0.05) is 30.1 Å². The zero-order valence-electron chi connectivity index (χ0n) is 14.3. The Labute approximate surface area is 153 Å². The fourth-order valence-corrected chi connectivity index (χ4v) is 3.16. The number of nitrogens with zero attached hydrogens (tertiary/aromatic N) is 2. The Morgan fingerprint density at radius 1 is 1.15 bits per heavy atom. The van der Waals surface area contributed by atoms with E-state index in [1.807, 2.05) is 6.07 Å². The highest BCUT2D eigenvalue weighted by Gasteiger charge is 2.38. The van der Waals surface area contributed by atoms with Crippen molar-refractivity contribution in [2.24, 2.45) is 0 Å². The standard InChI is InChI=1S/C18H18F3N3O3/c19-18(20,21)15-11-13(6-9-16(15)24(25)26)23-12-4-7-14(8-5-12)27-17-3-1-2-10-22-17/h1-3,6,9-12,14,23H,4-5,7-8H2/t12-,14-. The van der Waals surface area contributed by atoms with Crippen LogP contribution < -0.4 is 10.1 Å². The Bertz CT molecular complexity index is 791. The molecule has 1 aliphatic carbocycles. The molecule has 1 saturated carbocycles. The Kier molecular flexibility index (Phi) is 5.48. The third-order valence-electron chi connectivity index (χ3n) is 4.47. The zero-order valence-corrected chi connectivity index (χ0v) is 14.3. The van der Waals surface area contributed by atoms with Crippen LogP contribution in [0.1, 0.15) is 31.2 Å². The molecule has 0 aliphatic heterocycles. The minimum absolute atomic E-state index is 0.0144. The summed E-state index contributed by atoms with van der Waals surface area (Å²) in [6.45, 7) is 0. The highest BCUT2D eigenvalue weighted by atomic mass is 19.4. The van der Waals surface area contributed by atoms with Gasteiger partial charge in [-0.3, -0.25) is 10.1 Å². The lowest BCUT2D eigenvalue weighted by atomic mass is 9.92. The minimum atomic E-state index is -4.78. The number of ether oxygens (including phenoxy) is 1. The lowest BCUT2D eigenvalue weighted by molar-refractivity contribution is -0.388. The summed E-state index contributed by atoms with van der Waals surface area (Å²) >= 11 is 0. The monoisotopic (exact) mass is 381 g/mol. The molecule has 9 heteroatoms. The van der Waals surface area contributed by atoms with Gasteiger partial charge in [-0.05, 0) is 43.9 Å². The first-order valence-electron chi connectivity index (χ1n) is 8.53. The first-order valence-corrected chi connectivity index (χ1v) is 8.53. The molecule has 0 spiro atoms. The van der Waals surface area contributed by atoms with Crippen molar-refractivity contribution in [1.29, 1.82) is 0 Å². The van der Waals surface area contributed by atoms with E-state index in [0.717, 1.165) is 37.8 Å². The summed E-state index contributed by atoms with van der Waals surface area (Å²) in [5.74, 6) is 0.555. The number of nitro groups is 1. The molecule has 0 atom stereocenters. The smallest absolute Gasteiger partial charge is 0.423 e. The molecule has 0 unspecified atom stereocenters. The van der Waals surface area contributed by atoms with Gasteiger partial charge in [0.1, 0.15) is 11.7 Å². The number of anilines is 1. The topological polar surface area (TPSA) is 77.3 Å². The van der Waals surface area contributed by atoms with E-state index in [1.54, 1.807) is 18.3 Å². The van der Waals surface area contributed by atoms with Gasteiger partial charge < -0.3 is 10.1 Å². The molecule has 1 aromatic heterocycles. The first kappa shape index (κ1) is 18.9. The van der Waals surface area contributed by atoms with E-state index >= 15 is 0 Å². The lowest BCUT2D eigenvalue weighted by Crippen LogP contribution is -2.31. The lowest BCUT2D eigenvalue weighted by Gasteiger charge is -2.30. The number of aromatic nitrogens is 1. The first-order chi connectivity index (χ1) is 12.8. The minimum Gasteiger partial charge on any atom is -0.474 e. The molecule has 1 N–H and O–H groups in total. The van der Waals surface area contributed by atoms with Crippen LogP contribution in [-0.2, 0) is 6.18 Å². The number of alkyl halides is 3. The van der Waals surface area contributed by atoms with E-state index in [4.69, 9.17) is 4.74 Å². The van der Waals surface area contributed by atoms with Gasteiger partial charge in [-0.25, -0.2) is 4.98 Å². The molecule has 2 aromatic rings. The summed E-state index contributed by atoms with van der Waals surface area (Å²) in [6, 6.07) is 8.39. The van der Waals surface area contributed by atoms with E-state index in [-0.39, 0.29) is 17.8 Å². The van der Waals surface area contributed by atoms with Crippen LogP contribution in [0.3, 0.4) is 0 Å². The van der Waals surface area contributed by atoms with Gasteiger partial charge in [-0.15, -0.1) is 0 Å². The zero-order chi connectivity index (χ0) is 19.4. The van der Waals surface area contributed by atoms with Crippen LogP contribution in [0.5, 0.6) is 5.88 Å². The molecule has 0 saturated heterocycles. The van der Waals surface area contributed by atoms with Crippen molar-refractivity contribution in [3.63, 3.8) is 0 Å². The molecule has 1 fully saturated rings. The fourth-order valence-electron chi connectivity index (χ4n) is 3.16. The largest absolute Gasteiger partial charge is 0.474 e. The van der Waals surface area contributed by atoms with Gasteiger partial charge in [0.2, 0.25) is 5.88 Å². The molecular weight excluding hydrogens is 363 g/mol. The van der Waals surface area contributed by atoms with Gasteiger partial charge in [-0.2, -0.15) is 13.2 Å². The van der Waals surface area contributed by atoms with E-state index in [2.05, 4.69) is 10.3 Å². The third-order valence-corrected chi connectivity index (χ3v) is 4.47. The normalized spacial score (nSPS) is 20.1. The van der Waals surface area contributed by atoms with Gasteiger partial charge in [-0.1, -0.05) is 6.07 Å². The summed E-state index contributed by atoms with van der Waals surface area (Å²) < 4.78 is 45.0. The summed E-state index contributed by atoms with van der Waals surface area (Å²) in [5, 5.41) is 13.9. The predicted molar refractivity (Wildman–Crippen MR) is 92.6 cm³/mol. The van der Waals surface area contributed by atoms with Crippen molar-refractivity contribution in [2.45, 2.75) is 44.0 Å². The average molecular weight is 381 g/mol. The van der Waals surface area contributed by atoms with Gasteiger partial charge in [0.15, 0.2) is 0 Å². The van der Waals surface area contributed by atoms with E-state index < -0.39 is 22.4 Å². The van der Waals surface area contributed by atoms with Crippen molar-refractivity contribution in [3.05, 3.63) is 58.3 Å². The van der Waals surface area contributed by atoms with Crippen molar-refractivity contribution in [3.8, 4) is 5.88 Å². The molecule has 144 valence electrons. The van der Waals surface area contributed by atoms with Crippen molar-refractivity contribution in [2.75, 3.05) is 5.32 Å². The molecule has 27 heavy (non-hydrogen) atoms. The summed E-state index contributed by atoms with van der Waals surface area (Å²) in [7, 11) is 0. The average Bonchev–Trinajstić information content (AvgIpc) is 2.63. The van der Waals surface area contributed by atoms with Crippen molar-refractivity contribution in [1.82, 2.24) is 4.98 Å². The van der Waals surface area contributed by atoms with Crippen LogP contribution in [-0.4, -0.2) is 22.1 Å². The number of benzene rings is 1. The number of hydrogen-bond acceptors (Lipinski definition) is 5. The summed E-state index contributed by atoms with van der Waals surface area (Å²) in [6.07, 6.45) is -0.198. The number of nitrogens with one attached hydrogen (secondary N) is 1. The molecule has 1 aliphatic rings. The fraction of sp³-hybridized carbons (Fsp3) is 0.389. The Morgan fingerprint density at radius 3 is 2.48 bits per heavy atom. The van der Waals surface area contributed by atoms with Gasteiger partial charge in [0.05, 0.1) is 4.92 Å². The highest BCUT2D eigenvalue weighted by molar-refractivity contribution is 5.55. The predicted octanol–water partition coefficient (Wildman–Crippen LogP) is 4.81. The third kappa shape index (κ3) is 4.87. The molecule has 0 bridgehead atoms. The molecule has 0 amide bonds. The van der Waals surface area contributed by atoms with Crippen LogP contribution in [0.2, 0.25) is 0 Å². The molecule has 1 aromatic carbocycles. The second kappa shape index (κ2) is 7.81. The van der Waals surface area contributed by atoms with Gasteiger partial charge in [0.25, 0.3) is 5.69 Å². The van der Waals surface area contributed by atoms with Crippen molar-refractivity contribution >= 4 is 11.4 Å². The summed E-state index contributed by atoms with van der Waals surface area (Å²) in [4.78, 5) is 13.9. The van der Waals surface area contributed by atoms with Crippen molar-refractivity contribution < 1.29 is 22.8 Å². The van der Waals surface area contributed by atoms with Crippen LogP contribution >= 0.6 is 0 Å². The van der Waals surface area contributed by atoms with E-state index in [9.17, 15) is 23.3 Å². The van der Waals surface area contributed by atoms with E-state index in [0.29, 0.717) is 5.88 Å². The molecular formula is C18H18F3N3O3. The number of nitro benzene ring substituents is 1. The maximum Gasteiger partial charge on any atom is 0.423 e. The van der Waals surface area contributed by atoms with Crippen LogP contribution in [0.25, 0.3) is 0 Å². The van der Waals surface area contributed by atoms with Crippen LogP contribution in [0, 0.1) is 10.1 Å². The van der Waals surface area contributed by atoms with E-state index in [1.165, 1.54) is 6.07 Å². The second-order valence-electron chi connectivity index (χ2n) is 6.39. The SMILES string of the molecule is O=[N+]([O-])c1ccc(N[C@H]2CC[C@H](Oc3ccccn3)CC2)cc1C(F)(F)F. The quantitative estimate of drug-likeness (QED) is 0.594. The number of pyridine rings is 1. The van der Waals surface area contributed by atoms with Crippen LogP contribution in [0.15, 0.2) is 42.6 Å². The number of hydrogen-bond donors (Lipinski definition) is 1. The second-order valence-corrected chi connectivity index (χ2v) is 6.39. The molecule has 6 nitrogen and oxygen atoms in total. The van der Waals surface area contributed by atoms with Crippen LogP contribution in [0.4, 0.5) is 24.5 Å². The Balaban J connectivity index is 1.61. The maximum absolute atomic E-state index is 13.1. The number of halogens is 3. The van der Waals surface area contributed by atoms with Gasteiger partial charge >= 0.3 is 6.18 Å². The molecule has 0 radical (unpaired) electrons. The maximum atomic E-state index is 13.1. The Hall–Kier alpha value is -2.84. The summed E-state index contributed by atoms with van der Waals surface area (Å²) in [5.41, 5.74) is -1.97. The Morgan fingerprint density at radius 2 is 1.89 bits per heavy atom. The number of rotatable bonds is 5. The highest BCUT2D eigenvalue weighted by Crippen LogP contribution is 2.38.